The first-order valence-electron chi connectivity index (χ1n) is 6.45. The van der Waals surface area contributed by atoms with Crippen LogP contribution in [0.2, 0.25) is 0 Å². The van der Waals surface area contributed by atoms with Crippen LogP contribution in [0.15, 0.2) is 0 Å². The fraction of sp³-hybridized carbons (Fsp3) is 0.917. The summed E-state index contributed by atoms with van der Waals surface area (Å²) in [6, 6.07) is 0.386. The normalized spacial score (nSPS) is 29.6. The van der Waals surface area contributed by atoms with Gasteiger partial charge in [0.25, 0.3) is 5.91 Å². The van der Waals surface area contributed by atoms with E-state index in [1.54, 1.807) is 0 Å². The average molecular weight is 226 g/mol. The van der Waals surface area contributed by atoms with Crippen molar-refractivity contribution in [3.05, 3.63) is 0 Å². The van der Waals surface area contributed by atoms with Gasteiger partial charge in [-0.25, -0.2) is 0 Å². The van der Waals surface area contributed by atoms with E-state index in [0.29, 0.717) is 6.04 Å². The number of amides is 1. The number of hydrogen-bond donors (Lipinski definition) is 1. The summed E-state index contributed by atoms with van der Waals surface area (Å²) in [6.45, 7) is 5.71. The number of carbonyl (C=O) groups is 1. The van der Waals surface area contributed by atoms with E-state index >= 15 is 0 Å². The molecule has 4 nitrogen and oxygen atoms in total. The molecular weight excluding hydrogens is 204 g/mol. The maximum atomic E-state index is 12.3. The SMILES string of the molecule is CCCN(C(=O)C1CCCO1)C1CCNC1. The number of carbonyl (C=O) groups excluding carboxylic acids is 1. The van der Waals surface area contributed by atoms with Gasteiger partial charge in [-0.2, -0.15) is 0 Å². The van der Waals surface area contributed by atoms with E-state index < -0.39 is 0 Å². The summed E-state index contributed by atoms with van der Waals surface area (Å²) >= 11 is 0. The smallest absolute Gasteiger partial charge is 0.251 e. The second-order valence-corrected chi connectivity index (χ2v) is 4.68. The fourth-order valence-electron chi connectivity index (χ4n) is 2.58. The molecule has 0 radical (unpaired) electrons. The Kier molecular flexibility index (Phi) is 4.18. The van der Waals surface area contributed by atoms with Crippen molar-refractivity contribution < 1.29 is 9.53 Å². The summed E-state index contributed by atoms with van der Waals surface area (Å²) in [5, 5.41) is 3.32. The first-order chi connectivity index (χ1) is 7.83. The Morgan fingerprint density at radius 2 is 2.38 bits per heavy atom. The van der Waals surface area contributed by atoms with Crippen LogP contribution in [0.25, 0.3) is 0 Å². The highest BCUT2D eigenvalue weighted by atomic mass is 16.5. The number of ether oxygens (including phenoxy) is 1. The van der Waals surface area contributed by atoms with Gasteiger partial charge >= 0.3 is 0 Å². The molecule has 1 N–H and O–H groups in total. The van der Waals surface area contributed by atoms with Crippen molar-refractivity contribution in [3.63, 3.8) is 0 Å². The molecule has 16 heavy (non-hydrogen) atoms. The van der Waals surface area contributed by atoms with Crippen molar-refractivity contribution in [2.75, 3.05) is 26.2 Å². The lowest BCUT2D eigenvalue weighted by molar-refractivity contribution is -0.143. The molecular formula is C12H22N2O2. The van der Waals surface area contributed by atoms with Crippen LogP contribution in [-0.2, 0) is 9.53 Å². The Morgan fingerprint density at radius 3 is 2.94 bits per heavy atom. The first-order valence-corrected chi connectivity index (χ1v) is 6.45. The second-order valence-electron chi connectivity index (χ2n) is 4.68. The Bertz CT molecular complexity index is 233. The van der Waals surface area contributed by atoms with Gasteiger partial charge in [-0.1, -0.05) is 6.92 Å². The van der Waals surface area contributed by atoms with E-state index in [1.165, 1.54) is 0 Å². The predicted octanol–water partition coefficient (Wildman–Crippen LogP) is 0.766. The molecule has 2 fully saturated rings. The summed E-state index contributed by atoms with van der Waals surface area (Å²) in [5.41, 5.74) is 0. The highest BCUT2D eigenvalue weighted by molar-refractivity contribution is 5.81. The van der Waals surface area contributed by atoms with E-state index in [9.17, 15) is 4.79 Å². The van der Waals surface area contributed by atoms with Gasteiger partial charge in [0.1, 0.15) is 6.10 Å². The molecule has 92 valence electrons. The molecule has 0 aromatic heterocycles. The minimum atomic E-state index is -0.160. The van der Waals surface area contributed by atoms with Crippen molar-refractivity contribution in [1.82, 2.24) is 10.2 Å². The highest BCUT2D eigenvalue weighted by Gasteiger charge is 2.32. The summed E-state index contributed by atoms with van der Waals surface area (Å²) < 4.78 is 5.49. The average Bonchev–Trinajstić information content (AvgIpc) is 2.96. The maximum absolute atomic E-state index is 12.3. The largest absolute Gasteiger partial charge is 0.368 e. The molecule has 2 heterocycles. The zero-order chi connectivity index (χ0) is 11.4. The van der Waals surface area contributed by atoms with Crippen LogP contribution in [0.5, 0.6) is 0 Å². The summed E-state index contributed by atoms with van der Waals surface area (Å²) in [7, 11) is 0. The lowest BCUT2D eigenvalue weighted by atomic mass is 10.1. The molecule has 0 aromatic carbocycles. The number of nitrogens with zero attached hydrogens (tertiary/aromatic N) is 1. The van der Waals surface area contributed by atoms with Gasteiger partial charge in [0.05, 0.1) is 0 Å². The topological polar surface area (TPSA) is 41.6 Å². The zero-order valence-electron chi connectivity index (χ0n) is 10.1. The van der Waals surface area contributed by atoms with E-state index in [-0.39, 0.29) is 12.0 Å². The molecule has 2 atom stereocenters. The Morgan fingerprint density at radius 1 is 1.50 bits per heavy atom. The Balaban J connectivity index is 1.96. The van der Waals surface area contributed by atoms with E-state index in [4.69, 9.17) is 4.74 Å². The van der Waals surface area contributed by atoms with Crippen LogP contribution < -0.4 is 5.32 Å². The van der Waals surface area contributed by atoms with Gasteiger partial charge < -0.3 is 15.0 Å². The molecule has 0 bridgehead atoms. The third kappa shape index (κ3) is 2.55. The van der Waals surface area contributed by atoms with Gasteiger partial charge in [0.15, 0.2) is 0 Å². The predicted molar refractivity (Wildman–Crippen MR) is 62.3 cm³/mol. The number of rotatable bonds is 4. The van der Waals surface area contributed by atoms with Crippen molar-refractivity contribution in [3.8, 4) is 0 Å². The van der Waals surface area contributed by atoms with Gasteiger partial charge in [0, 0.05) is 25.7 Å². The molecule has 2 aliphatic rings. The quantitative estimate of drug-likeness (QED) is 0.769. The minimum Gasteiger partial charge on any atom is -0.368 e. The zero-order valence-corrected chi connectivity index (χ0v) is 10.1. The lowest BCUT2D eigenvalue weighted by Gasteiger charge is -2.30. The van der Waals surface area contributed by atoms with E-state index in [0.717, 1.165) is 51.9 Å². The Labute approximate surface area is 97.3 Å². The highest BCUT2D eigenvalue weighted by Crippen LogP contribution is 2.18. The second kappa shape index (κ2) is 5.64. The van der Waals surface area contributed by atoms with Gasteiger partial charge in [-0.15, -0.1) is 0 Å². The van der Waals surface area contributed by atoms with Crippen molar-refractivity contribution in [2.24, 2.45) is 0 Å². The molecule has 2 unspecified atom stereocenters. The van der Waals surface area contributed by atoms with Crippen molar-refractivity contribution >= 4 is 5.91 Å². The van der Waals surface area contributed by atoms with E-state index in [2.05, 4.69) is 12.2 Å². The molecule has 2 saturated heterocycles. The maximum Gasteiger partial charge on any atom is 0.251 e. The monoisotopic (exact) mass is 226 g/mol. The van der Waals surface area contributed by atoms with Crippen molar-refractivity contribution in [1.29, 1.82) is 0 Å². The lowest BCUT2D eigenvalue weighted by Crippen LogP contribution is -2.46. The van der Waals surface area contributed by atoms with E-state index in [1.807, 2.05) is 4.90 Å². The number of hydrogen-bond acceptors (Lipinski definition) is 3. The minimum absolute atomic E-state index is 0.160. The third-order valence-corrected chi connectivity index (χ3v) is 3.43. The van der Waals surface area contributed by atoms with Gasteiger partial charge in [-0.05, 0) is 32.2 Å². The molecule has 0 spiro atoms. The molecule has 2 aliphatic heterocycles. The van der Waals surface area contributed by atoms with Crippen LogP contribution >= 0.6 is 0 Å². The van der Waals surface area contributed by atoms with Gasteiger partial charge in [-0.3, -0.25) is 4.79 Å². The first kappa shape index (κ1) is 11.9. The van der Waals surface area contributed by atoms with Crippen LogP contribution in [-0.4, -0.2) is 49.2 Å². The molecule has 1 amide bonds. The Hall–Kier alpha value is -0.610. The third-order valence-electron chi connectivity index (χ3n) is 3.43. The van der Waals surface area contributed by atoms with Crippen LogP contribution in [0, 0.1) is 0 Å². The summed E-state index contributed by atoms with van der Waals surface area (Å²) in [4.78, 5) is 14.3. The van der Waals surface area contributed by atoms with Crippen LogP contribution in [0.4, 0.5) is 0 Å². The molecule has 0 aliphatic carbocycles. The standard InChI is InChI=1S/C12H22N2O2/c1-2-7-14(10-5-6-13-9-10)12(15)11-4-3-8-16-11/h10-11,13H,2-9H2,1H3. The van der Waals surface area contributed by atoms with Crippen LogP contribution in [0.1, 0.15) is 32.6 Å². The summed E-state index contributed by atoms with van der Waals surface area (Å²) in [6.07, 6.45) is 3.87. The van der Waals surface area contributed by atoms with Crippen molar-refractivity contribution in [2.45, 2.75) is 44.8 Å². The fourth-order valence-corrected chi connectivity index (χ4v) is 2.58. The van der Waals surface area contributed by atoms with Crippen LogP contribution in [0.3, 0.4) is 0 Å². The molecule has 0 saturated carbocycles. The molecule has 2 rings (SSSR count). The summed E-state index contributed by atoms with van der Waals surface area (Å²) in [5.74, 6) is 0.216. The van der Waals surface area contributed by atoms with Gasteiger partial charge in [0.2, 0.25) is 0 Å². The molecule has 4 heteroatoms. The molecule has 0 aromatic rings. The number of nitrogens with one attached hydrogen (secondary N) is 1.